The predicted molar refractivity (Wildman–Crippen MR) is 141 cm³/mol. The molecule has 0 saturated heterocycles. The summed E-state index contributed by atoms with van der Waals surface area (Å²) in [6, 6.07) is 8.20. The van der Waals surface area contributed by atoms with Gasteiger partial charge in [0.15, 0.2) is 0 Å². The first-order chi connectivity index (χ1) is 15.9. The topological polar surface area (TPSA) is 53.8 Å². The largest absolute Gasteiger partial charge is 0.497 e. The lowest BCUT2D eigenvalue weighted by Gasteiger charge is -2.29. The maximum absolute atomic E-state index is 5.54. The highest BCUT2D eigenvalue weighted by atomic mass is 16.5. The maximum atomic E-state index is 5.54. The van der Waals surface area contributed by atoms with Gasteiger partial charge in [0.1, 0.15) is 5.75 Å². The van der Waals surface area contributed by atoms with Gasteiger partial charge in [-0.15, -0.1) is 0 Å². The number of ether oxygens (including phenoxy) is 1. The lowest BCUT2D eigenvalue weighted by Crippen LogP contribution is -2.38. The Balaban J connectivity index is 2.39. The molecule has 176 valence electrons. The molecule has 0 spiro atoms. The first-order valence-corrected chi connectivity index (χ1v) is 11.5. The molecule has 0 fully saturated rings. The standard InChI is InChI=1S/C27H37N5O/c1-9-18(4)30-22(10-2)24-27-25(28-11-3)23(19(5)31(6)7)26(32(27)16-15-29-24)20-13-12-14-21(17-20)33-8/h9,11-14,17,24,28-29H,3,5,10,15-16H2,1-2,4,6-8H3/b18-9-,30-22?. The summed E-state index contributed by atoms with van der Waals surface area (Å²) in [4.78, 5) is 7.01. The van der Waals surface area contributed by atoms with Gasteiger partial charge < -0.3 is 24.8 Å². The van der Waals surface area contributed by atoms with E-state index >= 15 is 0 Å². The van der Waals surface area contributed by atoms with Crippen LogP contribution < -0.4 is 15.4 Å². The molecule has 6 nitrogen and oxygen atoms in total. The van der Waals surface area contributed by atoms with E-state index in [1.165, 1.54) is 0 Å². The third-order valence-electron chi connectivity index (χ3n) is 6.11. The summed E-state index contributed by atoms with van der Waals surface area (Å²) >= 11 is 0. The number of fused-ring (bicyclic) bond motifs is 1. The third kappa shape index (κ3) is 4.76. The second-order valence-electron chi connectivity index (χ2n) is 8.33. The Bertz CT molecular complexity index is 1090. The average Bonchev–Trinajstić information content (AvgIpc) is 3.16. The first kappa shape index (κ1) is 24.4. The summed E-state index contributed by atoms with van der Waals surface area (Å²) in [5.41, 5.74) is 8.49. The van der Waals surface area contributed by atoms with Crippen LogP contribution in [-0.2, 0) is 6.54 Å². The molecular formula is C27H37N5O. The number of nitrogens with zero attached hydrogens (tertiary/aromatic N) is 3. The molecule has 1 atom stereocenters. The van der Waals surface area contributed by atoms with E-state index in [0.29, 0.717) is 0 Å². The van der Waals surface area contributed by atoms with E-state index in [0.717, 1.165) is 70.6 Å². The molecule has 33 heavy (non-hydrogen) atoms. The molecule has 0 bridgehead atoms. The fourth-order valence-electron chi connectivity index (χ4n) is 4.32. The van der Waals surface area contributed by atoms with Crippen molar-refractivity contribution >= 4 is 17.1 Å². The van der Waals surface area contributed by atoms with Gasteiger partial charge in [-0.2, -0.15) is 0 Å². The Morgan fingerprint density at radius 3 is 2.76 bits per heavy atom. The van der Waals surface area contributed by atoms with E-state index in [9.17, 15) is 0 Å². The Labute approximate surface area is 198 Å². The minimum atomic E-state index is -0.0193. The number of benzene rings is 1. The highest BCUT2D eigenvalue weighted by Gasteiger charge is 2.34. The molecule has 0 aliphatic carbocycles. The molecule has 1 aliphatic rings. The number of hydrogen-bond acceptors (Lipinski definition) is 5. The number of methoxy groups -OCH3 is 1. The van der Waals surface area contributed by atoms with Crippen molar-refractivity contribution in [3.63, 3.8) is 0 Å². The van der Waals surface area contributed by atoms with E-state index in [1.54, 1.807) is 13.3 Å². The van der Waals surface area contributed by atoms with Gasteiger partial charge >= 0.3 is 0 Å². The van der Waals surface area contributed by atoms with Crippen LogP contribution in [0.25, 0.3) is 17.0 Å². The van der Waals surface area contributed by atoms with Crippen molar-refractivity contribution in [3.05, 3.63) is 66.7 Å². The lowest BCUT2D eigenvalue weighted by molar-refractivity contribution is 0.415. The summed E-state index contributed by atoms with van der Waals surface area (Å²) in [6.45, 7) is 16.3. The second kappa shape index (κ2) is 10.6. The van der Waals surface area contributed by atoms with Crippen LogP contribution >= 0.6 is 0 Å². The van der Waals surface area contributed by atoms with Gasteiger partial charge in [0.05, 0.1) is 30.2 Å². The number of aliphatic imine (C=N–C) groups is 1. The summed E-state index contributed by atoms with van der Waals surface area (Å²) in [5, 5.41) is 7.17. The smallest absolute Gasteiger partial charge is 0.119 e. The van der Waals surface area contributed by atoms with Gasteiger partial charge in [0, 0.05) is 55.4 Å². The van der Waals surface area contributed by atoms with E-state index < -0.39 is 0 Å². The normalized spacial score (nSPS) is 16.2. The van der Waals surface area contributed by atoms with Crippen LogP contribution in [-0.4, -0.2) is 42.9 Å². The van der Waals surface area contributed by atoms with Crippen molar-refractivity contribution in [2.75, 3.05) is 33.1 Å². The van der Waals surface area contributed by atoms with Crippen LogP contribution in [0.1, 0.15) is 44.5 Å². The molecule has 1 aromatic carbocycles. The molecule has 0 saturated carbocycles. The van der Waals surface area contributed by atoms with Crippen LogP contribution in [0.5, 0.6) is 5.75 Å². The first-order valence-electron chi connectivity index (χ1n) is 11.5. The molecule has 0 radical (unpaired) electrons. The Morgan fingerprint density at radius 1 is 1.39 bits per heavy atom. The predicted octanol–water partition coefficient (Wildman–Crippen LogP) is 5.67. The summed E-state index contributed by atoms with van der Waals surface area (Å²) < 4.78 is 7.95. The zero-order chi connectivity index (χ0) is 24.1. The number of allylic oxidation sites excluding steroid dienone is 2. The quantitative estimate of drug-likeness (QED) is 0.486. The van der Waals surface area contributed by atoms with Crippen molar-refractivity contribution in [3.8, 4) is 17.0 Å². The van der Waals surface area contributed by atoms with E-state index in [2.05, 4.69) is 52.3 Å². The Hall–Kier alpha value is -3.25. The highest BCUT2D eigenvalue weighted by molar-refractivity contribution is 5.96. The molecule has 0 amide bonds. The van der Waals surface area contributed by atoms with Crippen molar-refractivity contribution in [1.29, 1.82) is 0 Å². The van der Waals surface area contributed by atoms with Gasteiger partial charge in [-0.1, -0.05) is 38.3 Å². The summed E-state index contributed by atoms with van der Waals surface area (Å²) in [7, 11) is 5.75. The summed E-state index contributed by atoms with van der Waals surface area (Å²) in [5.74, 6) is 0.827. The molecule has 1 aliphatic heterocycles. The zero-order valence-electron chi connectivity index (χ0n) is 20.8. The molecule has 2 N–H and O–H groups in total. The molecule has 2 heterocycles. The molecule has 6 heteroatoms. The third-order valence-corrected chi connectivity index (χ3v) is 6.11. The number of anilines is 1. The molecule has 1 unspecified atom stereocenters. The van der Waals surface area contributed by atoms with Crippen molar-refractivity contribution in [2.45, 2.75) is 39.8 Å². The SMILES string of the molecule is C=CNc1c(C(=C)N(C)C)c(-c2cccc(OC)c2)n2c1C(C(CC)=N/C(C)=C\C)NCC2. The summed E-state index contributed by atoms with van der Waals surface area (Å²) in [6.07, 6.45) is 4.63. The average molecular weight is 448 g/mol. The number of hydrogen-bond donors (Lipinski definition) is 2. The number of rotatable bonds is 9. The van der Waals surface area contributed by atoms with Crippen LogP contribution in [0.2, 0.25) is 0 Å². The van der Waals surface area contributed by atoms with Gasteiger partial charge in [-0.05, 0) is 38.6 Å². The fraction of sp³-hybridized carbons (Fsp3) is 0.370. The van der Waals surface area contributed by atoms with Crippen molar-refractivity contribution < 1.29 is 4.74 Å². The van der Waals surface area contributed by atoms with Crippen molar-refractivity contribution in [2.24, 2.45) is 4.99 Å². The minimum Gasteiger partial charge on any atom is -0.497 e. The van der Waals surface area contributed by atoms with Gasteiger partial charge in [-0.3, -0.25) is 4.99 Å². The molecular weight excluding hydrogens is 410 g/mol. The fourth-order valence-corrected chi connectivity index (χ4v) is 4.32. The van der Waals surface area contributed by atoms with Gasteiger partial charge in [-0.25, -0.2) is 0 Å². The monoisotopic (exact) mass is 447 g/mol. The van der Waals surface area contributed by atoms with Crippen LogP contribution in [0, 0.1) is 0 Å². The maximum Gasteiger partial charge on any atom is 0.119 e. The lowest BCUT2D eigenvalue weighted by atomic mass is 10.00. The van der Waals surface area contributed by atoms with Crippen LogP contribution in [0.3, 0.4) is 0 Å². The van der Waals surface area contributed by atoms with Crippen molar-refractivity contribution in [1.82, 2.24) is 14.8 Å². The number of aromatic nitrogens is 1. The minimum absolute atomic E-state index is 0.0193. The molecule has 3 rings (SSSR count). The molecule has 1 aromatic heterocycles. The van der Waals surface area contributed by atoms with Crippen LogP contribution in [0.4, 0.5) is 5.69 Å². The van der Waals surface area contributed by atoms with Crippen LogP contribution in [0.15, 0.2) is 60.4 Å². The van der Waals surface area contributed by atoms with Gasteiger partial charge in [0.2, 0.25) is 0 Å². The van der Waals surface area contributed by atoms with E-state index in [-0.39, 0.29) is 6.04 Å². The highest BCUT2D eigenvalue weighted by Crippen LogP contribution is 2.44. The Kier molecular flexibility index (Phi) is 7.82. The second-order valence-corrected chi connectivity index (χ2v) is 8.33. The van der Waals surface area contributed by atoms with E-state index in [4.69, 9.17) is 9.73 Å². The van der Waals surface area contributed by atoms with Gasteiger partial charge in [0.25, 0.3) is 0 Å². The molecule has 2 aromatic rings. The number of nitrogens with one attached hydrogen (secondary N) is 2. The zero-order valence-corrected chi connectivity index (χ0v) is 20.8. The van der Waals surface area contributed by atoms with E-state index in [1.807, 2.05) is 46.2 Å². The Morgan fingerprint density at radius 2 is 2.15 bits per heavy atom.